The molecule has 2 rings (SSSR count). The van der Waals surface area contributed by atoms with E-state index in [4.69, 9.17) is 0 Å². The minimum absolute atomic E-state index is 0.258. The maximum Gasteiger partial charge on any atom is 0.387 e. The van der Waals surface area contributed by atoms with Crippen LogP contribution in [-0.4, -0.2) is 37.7 Å². The molecule has 0 aromatic heterocycles. The Bertz CT molecular complexity index is 401. The summed E-state index contributed by atoms with van der Waals surface area (Å²) in [6.45, 7) is -0.0929. The van der Waals surface area contributed by atoms with E-state index >= 15 is 0 Å². The zero-order valence-electron chi connectivity index (χ0n) is 11.1. The minimum atomic E-state index is -2.78. The van der Waals surface area contributed by atoms with Gasteiger partial charge in [0.1, 0.15) is 5.75 Å². The normalized spacial score (nSPS) is 20.7. The van der Waals surface area contributed by atoms with E-state index in [1.807, 2.05) is 12.1 Å². The highest BCUT2D eigenvalue weighted by Crippen LogP contribution is 2.20. The van der Waals surface area contributed by atoms with E-state index in [-0.39, 0.29) is 5.75 Å². The van der Waals surface area contributed by atoms with Crippen LogP contribution in [0.3, 0.4) is 0 Å². The summed E-state index contributed by atoms with van der Waals surface area (Å²) >= 11 is 0. The highest BCUT2D eigenvalue weighted by atomic mass is 19.3. The third kappa shape index (κ3) is 4.44. The Labute approximate surface area is 112 Å². The summed E-state index contributed by atoms with van der Waals surface area (Å²) in [5, 5.41) is 3.42. The van der Waals surface area contributed by atoms with Crippen molar-refractivity contribution >= 4 is 0 Å². The monoisotopic (exact) mass is 270 g/mol. The lowest BCUT2D eigenvalue weighted by molar-refractivity contribution is -0.0505. The summed E-state index contributed by atoms with van der Waals surface area (Å²) in [7, 11) is 2.10. The molecule has 1 atom stereocenters. The van der Waals surface area contributed by atoms with E-state index in [0.717, 1.165) is 25.1 Å². The number of nitrogens with one attached hydrogen (secondary N) is 1. The van der Waals surface area contributed by atoms with Crippen molar-refractivity contribution in [3.63, 3.8) is 0 Å². The number of likely N-dealkylation sites (N-methyl/N-ethyl adjacent to an activating group) is 1. The van der Waals surface area contributed by atoms with E-state index in [2.05, 4.69) is 22.0 Å². The van der Waals surface area contributed by atoms with Gasteiger partial charge in [0.25, 0.3) is 0 Å². The van der Waals surface area contributed by atoms with Crippen molar-refractivity contribution in [1.82, 2.24) is 10.2 Å². The Morgan fingerprint density at radius 1 is 1.42 bits per heavy atom. The average Bonchev–Trinajstić information content (AvgIpc) is 2.37. The first-order valence-electron chi connectivity index (χ1n) is 6.60. The molecular weight excluding hydrogens is 250 g/mol. The summed E-state index contributed by atoms with van der Waals surface area (Å²) in [6.07, 6.45) is 2.30. The van der Waals surface area contributed by atoms with Crippen LogP contribution < -0.4 is 10.1 Å². The zero-order chi connectivity index (χ0) is 13.7. The molecule has 0 saturated carbocycles. The van der Waals surface area contributed by atoms with Gasteiger partial charge in [-0.15, -0.1) is 0 Å². The van der Waals surface area contributed by atoms with Crippen LogP contribution in [0.1, 0.15) is 18.4 Å². The van der Waals surface area contributed by atoms with Gasteiger partial charge in [0.05, 0.1) is 0 Å². The SMILES string of the molecule is CN1CCCC(NCc2ccccc2OC(F)F)C1. The fourth-order valence-electron chi connectivity index (χ4n) is 2.45. The molecule has 0 amide bonds. The number of alkyl halides is 2. The molecule has 1 fully saturated rings. The second kappa shape index (κ2) is 6.82. The third-order valence-corrected chi connectivity index (χ3v) is 3.39. The lowest BCUT2D eigenvalue weighted by atomic mass is 10.1. The number of nitrogens with zero attached hydrogens (tertiary/aromatic N) is 1. The predicted molar refractivity (Wildman–Crippen MR) is 70.4 cm³/mol. The zero-order valence-corrected chi connectivity index (χ0v) is 11.1. The summed E-state index contributed by atoms with van der Waals surface area (Å²) in [5.41, 5.74) is 0.774. The fraction of sp³-hybridized carbons (Fsp3) is 0.571. The number of hydrogen-bond donors (Lipinski definition) is 1. The van der Waals surface area contributed by atoms with E-state index in [0.29, 0.717) is 12.6 Å². The molecule has 1 heterocycles. The molecule has 1 N–H and O–H groups in total. The minimum Gasteiger partial charge on any atom is -0.434 e. The van der Waals surface area contributed by atoms with Crippen LogP contribution >= 0.6 is 0 Å². The molecule has 106 valence electrons. The van der Waals surface area contributed by atoms with Gasteiger partial charge >= 0.3 is 6.61 Å². The van der Waals surface area contributed by atoms with Crippen LogP contribution in [0, 0.1) is 0 Å². The molecule has 0 radical (unpaired) electrons. The van der Waals surface area contributed by atoms with Gasteiger partial charge in [0, 0.05) is 24.7 Å². The average molecular weight is 270 g/mol. The number of ether oxygens (including phenoxy) is 1. The number of hydrogen-bond acceptors (Lipinski definition) is 3. The molecule has 3 nitrogen and oxygen atoms in total. The van der Waals surface area contributed by atoms with Crippen LogP contribution in [0.2, 0.25) is 0 Å². The number of likely N-dealkylation sites (tertiary alicyclic amines) is 1. The van der Waals surface area contributed by atoms with Gasteiger partial charge in [-0.25, -0.2) is 0 Å². The first-order valence-corrected chi connectivity index (χ1v) is 6.60. The van der Waals surface area contributed by atoms with E-state index in [1.54, 1.807) is 12.1 Å². The smallest absolute Gasteiger partial charge is 0.387 e. The second-order valence-electron chi connectivity index (χ2n) is 4.97. The Morgan fingerprint density at radius 2 is 2.21 bits per heavy atom. The maximum absolute atomic E-state index is 12.3. The van der Waals surface area contributed by atoms with E-state index in [1.165, 1.54) is 6.42 Å². The standard InChI is InChI=1S/C14H20F2N2O/c1-18-8-4-6-12(10-18)17-9-11-5-2-3-7-13(11)19-14(15)16/h2-3,5,7,12,14,17H,4,6,8-10H2,1H3. The van der Waals surface area contributed by atoms with Gasteiger partial charge in [-0.1, -0.05) is 18.2 Å². The Kier molecular flexibility index (Phi) is 5.10. The predicted octanol–water partition coefficient (Wildman–Crippen LogP) is 2.47. The van der Waals surface area contributed by atoms with E-state index < -0.39 is 6.61 Å². The van der Waals surface area contributed by atoms with Crippen LogP contribution in [0.25, 0.3) is 0 Å². The van der Waals surface area contributed by atoms with Crippen LogP contribution in [-0.2, 0) is 6.54 Å². The molecular formula is C14H20F2N2O. The Morgan fingerprint density at radius 3 is 2.95 bits per heavy atom. The van der Waals surface area contributed by atoms with Gasteiger partial charge < -0.3 is 15.0 Å². The van der Waals surface area contributed by atoms with Crippen molar-refractivity contribution in [3.8, 4) is 5.75 Å². The van der Waals surface area contributed by atoms with Gasteiger partial charge in [-0.3, -0.25) is 0 Å². The van der Waals surface area contributed by atoms with Crippen molar-refractivity contribution in [2.75, 3.05) is 20.1 Å². The molecule has 1 aromatic rings. The van der Waals surface area contributed by atoms with Gasteiger partial charge in [-0.05, 0) is 32.5 Å². The van der Waals surface area contributed by atoms with Crippen molar-refractivity contribution in [2.45, 2.75) is 32.0 Å². The molecule has 1 aromatic carbocycles. The van der Waals surface area contributed by atoms with Crippen LogP contribution in [0.4, 0.5) is 8.78 Å². The third-order valence-electron chi connectivity index (χ3n) is 3.39. The molecule has 0 spiro atoms. The number of piperidine rings is 1. The summed E-state index contributed by atoms with van der Waals surface area (Å²) < 4.78 is 29.1. The first kappa shape index (κ1) is 14.2. The van der Waals surface area contributed by atoms with Crippen molar-refractivity contribution in [3.05, 3.63) is 29.8 Å². The van der Waals surface area contributed by atoms with Crippen LogP contribution in [0.15, 0.2) is 24.3 Å². The molecule has 5 heteroatoms. The van der Waals surface area contributed by atoms with Gasteiger partial charge in [0.15, 0.2) is 0 Å². The Balaban J connectivity index is 1.91. The first-order chi connectivity index (χ1) is 9.15. The van der Waals surface area contributed by atoms with Crippen molar-refractivity contribution < 1.29 is 13.5 Å². The van der Waals surface area contributed by atoms with Crippen LogP contribution in [0.5, 0.6) is 5.75 Å². The number of para-hydroxylation sites is 1. The quantitative estimate of drug-likeness (QED) is 0.889. The largest absolute Gasteiger partial charge is 0.434 e. The van der Waals surface area contributed by atoms with Gasteiger partial charge in [0.2, 0.25) is 0 Å². The maximum atomic E-state index is 12.3. The van der Waals surface area contributed by atoms with E-state index in [9.17, 15) is 8.78 Å². The molecule has 1 aliphatic heterocycles. The van der Waals surface area contributed by atoms with Crippen molar-refractivity contribution in [2.24, 2.45) is 0 Å². The molecule has 0 bridgehead atoms. The second-order valence-corrected chi connectivity index (χ2v) is 4.97. The lowest BCUT2D eigenvalue weighted by Crippen LogP contribution is -2.43. The molecule has 19 heavy (non-hydrogen) atoms. The summed E-state index contributed by atoms with van der Waals surface area (Å²) in [6, 6.07) is 7.35. The molecule has 1 saturated heterocycles. The Hall–Kier alpha value is -1.20. The number of halogens is 2. The highest BCUT2D eigenvalue weighted by molar-refractivity contribution is 5.33. The fourth-order valence-corrected chi connectivity index (χ4v) is 2.45. The topological polar surface area (TPSA) is 24.5 Å². The van der Waals surface area contributed by atoms with Crippen molar-refractivity contribution in [1.29, 1.82) is 0 Å². The summed E-state index contributed by atoms with van der Waals surface area (Å²) in [5.74, 6) is 0.258. The lowest BCUT2D eigenvalue weighted by Gasteiger charge is -2.30. The molecule has 1 unspecified atom stereocenters. The van der Waals surface area contributed by atoms with Gasteiger partial charge in [-0.2, -0.15) is 8.78 Å². The number of benzene rings is 1. The molecule has 0 aliphatic carbocycles. The number of rotatable bonds is 5. The molecule has 1 aliphatic rings. The highest BCUT2D eigenvalue weighted by Gasteiger charge is 2.17. The summed E-state index contributed by atoms with van der Waals surface area (Å²) in [4.78, 5) is 2.28.